The lowest BCUT2D eigenvalue weighted by molar-refractivity contribution is 0.100. The van der Waals surface area contributed by atoms with Crippen LogP contribution in [0.15, 0.2) is 18.2 Å². The van der Waals surface area contributed by atoms with E-state index >= 15 is 0 Å². The number of nitrogen functional groups attached to an aromatic ring is 1. The molecule has 0 heterocycles. The van der Waals surface area contributed by atoms with Crippen molar-refractivity contribution in [3.8, 4) is 0 Å². The number of hydrogen-bond donors (Lipinski definition) is 3. The standard InChI is InChI=1S/C11H17N3O3S/c1-18(16,17)7-3-6-14-9-5-2-4-8(10(9)12)11(13)15/h2,4-5,14H,3,6-7,12H2,1H3,(H2,13,15). The summed E-state index contributed by atoms with van der Waals surface area (Å²) in [4.78, 5) is 11.1. The first-order chi connectivity index (χ1) is 8.31. The van der Waals surface area contributed by atoms with Crippen LogP contribution < -0.4 is 16.8 Å². The average molecular weight is 271 g/mol. The number of carbonyl (C=O) groups excluding carboxylic acids is 1. The van der Waals surface area contributed by atoms with Gasteiger partial charge in [0.1, 0.15) is 9.84 Å². The average Bonchev–Trinajstić information content (AvgIpc) is 2.24. The van der Waals surface area contributed by atoms with Crippen LogP contribution in [0, 0.1) is 0 Å². The van der Waals surface area contributed by atoms with Gasteiger partial charge in [0.25, 0.3) is 5.91 Å². The molecular formula is C11H17N3O3S. The van der Waals surface area contributed by atoms with Gasteiger partial charge < -0.3 is 16.8 Å². The number of para-hydroxylation sites is 1. The molecule has 0 aliphatic heterocycles. The van der Waals surface area contributed by atoms with Crippen molar-refractivity contribution in [1.82, 2.24) is 0 Å². The molecule has 1 rings (SSSR count). The van der Waals surface area contributed by atoms with E-state index in [2.05, 4.69) is 5.32 Å². The lowest BCUT2D eigenvalue weighted by Gasteiger charge is -2.11. The second kappa shape index (κ2) is 5.72. The molecule has 18 heavy (non-hydrogen) atoms. The fraction of sp³-hybridized carbons (Fsp3) is 0.364. The smallest absolute Gasteiger partial charge is 0.250 e. The van der Waals surface area contributed by atoms with E-state index in [1.165, 1.54) is 6.26 Å². The minimum absolute atomic E-state index is 0.107. The molecule has 100 valence electrons. The van der Waals surface area contributed by atoms with Crippen molar-refractivity contribution in [2.45, 2.75) is 6.42 Å². The van der Waals surface area contributed by atoms with Crippen molar-refractivity contribution in [3.63, 3.8) is 0 Å². The molecule has 6 nitrogen and oxygen atoms in total. The first-order valence-corrected chi connectivity index (χ1v) is 7.47. The van der Waals surface area contributed by atoms with Gasteiger partial charge in [-0.05, 0) is 18.6 Å². The largest absolute Gasteiger partial charge is 0.396 e. The van der Waals surface area contributed by atoms with E-state index in [1.54, 1.807) is 18.2 Å². The molecule has 0 unspecified atom stereocenters. The Kier molecular flexibility index (Phi) is 4.55. The number of benzene rings is 1. The Morgan fingerprint density at radius 1 is 1.39 bits per heavy atom. The summed E-state index contributed by atoms with van der Waals surface area (Å²) in [5.41, 5.74) is 12.1. The summed E-state index contributed by atoms with van der Waals surface area (Å²) in [6, 6.07) is 4.91. The van der Waals surface area contributed by atoms with Crippen LogP contribution >= 0.6 is 0 Å². The molecule has 0 spiro atoms. The third kappa shape index (κ3) is 4.25. The number of primary amides is 1. The van der Waals surface area contributed by atoms with Gasteiger partial charge in [-0.1, -0.05) is 6.07 Å². The number of rotatable bonds is 6. The van der Waals surface area contributed by atoms with E-state index in [9.17, 15) is 13.2 Å². The lowest BCUT2D eigenvalue weighted by atomic mass is 10.1. The van der Waals surface area contributed by atoms with Crippen LogP contribution in [0.3, 0.4) is 0 Å². The monoisotopic (exact) mass is 271 g/mol. The number of amides is 1. The van der Waals surface area contributed by atoms with E-state index < -0.39 is 15.7 Å². The fourth-order valence-corrected chi connectivity index (χ4v) is 2.16. The highest BCUT2D eigenvalue weighted by atomic mass is 32.2. The first kappa shape index (κ1) is 14.3. The molecule has 7 heteroatoms. The van der Waals surface area contributed by atoms with Crippen molar-refractivity contribution in [2.75, 3.05) is 29.6 Å². The summed E-state index contributed by atoms with van der Waals surface area (Å²) in [6.45, 7) is 0.458. The molecule has 0 radical (unpaired) electrons. The maximum absolute atomic E-state index is 11.1. The maximum Gasteiger partial charge on any atom is 0.250 e. The SMILES string of the molecule is CS(=O)(=O)CCCNc1cccc(C(N)=O)c1N. The van der Waals surface area contributed by atoms with Gasteiger partial charge in [0.2, 0.25) is 0 Å². The number of carbonyl (C=O) groups is 1. The molecule has 0 fully saturated rings. The van der Waals surface area contributed by atoms with E-state index in [-0.39, 0.29) is 17.0 Å². The van der Waals surface area contributed by atoms with Crippen LogP contribution in [-0.4, -0.2) is 32.9 Å². The van der Waals surface area contributed by atoms with Crippen LogP contribution in [-0.2, 0) is 9.84 Å². The van der Waals surface area contributed by atoms with Crippen molar-refractivity contribution in [3.05, 3.63) is 23.8 Å². The van der Waals surface area contributed by atoms with E-state index in [0.29, 0.717) is 18.7 Å². The van der Waals surface area contributed by atoms with Crippen molar-refractivity contribution >= 4 is 27.1 Å². The van der Waals surface area contributed by atoms with Crippen LogP contribution in [0.4, 0.5) is 11.4 Å². The Hall–Kier alpha value is -1.76. The number of nitrogens with two attached hydrogens (primary N) is 2. The van der Waals surface area contributed by atoms with Gasteiger partial charge in [0.05, 0.1) is 22.7 Å². The fourth-order valence-electron chi connectivity index (χ4n) is 1.49. The predicted octanol–water partition coefficient (Wildman–Crippen LogP) is 0.214. The molecule has 1 amide bonds. The molecule has 0 bridgehead atoms. The topological polar surface area (TPSA) is 115 Å². The Balaban J connectivity index is 2.63. The summed E-state index contributed by atoms with van der Waals surface area (Å²) >= 11 is 0. The predicted molar refractivity (Wildman–Crippen MR) is 72.2 cm³/mol. The van der Waals surface area contributed by atoms with Crippen LogP contribution in [0.5, 0.6) is 0 Å². The van der Waals surface area contributed by atoms with Gasteiger partial charge >= 0.3 is 0 Å². The van der Waals surface area contributed by atoms with Crippen LogP contribution in [0.2, 0.25) is 0 Å². The summed E-state index contributed by atoms with van der Waals surface area (Å²) in [5, 5.41) is 2.98. The van der Waals surface area contributed by atoms with Crippen molar-refractivity contribution in [1.29, 1.82) is 0 Å². The summed E-state index contributed by atoms with van der Waals surface area (Å²) in [5.74, 6) is -0.484. The highest BCUT2D eigenvalue weighted by Gasteiger charge is 2.09. The van der Waals surface area contributed by atoms with Crippen LogP contribution in [0.1, 0.15) is 16.8 Å². The minimum Gasteiger partial charge on any atom is -0.396 e. The molecule has 0 saturated heterocycles. The molecular weight excluding hydrogens is 254 g/mol. The third-order valence-electron chi connectivity index (χ3n) is 2.38. The quantitative estimate of drug-likeness (QED) is 0.505. The zero-order valence-electron chi connectivity index (χ0n) is 10.1. The maximum atomic E-state index is 11.1. The lowest BCUT2D eigenvalue weighted by Crippen LogP contribution is -2.15. The number of sulfone groups is 1. The molecule has 0 saturated carbocycles. The van der Waals surface area contributed by atoms with Gasteiger partial charge in [0, 0.05) is 12.8 Å². The summed E-state index contributed by atoms with van der Waals surface area (Å²) in [6.07, 6.45) is 1.66. The summed E-state index contributed by atoms with van der Waals surface area (Å²) in [7, 11) is -2.96. The molecule has 1 aromatic rings. The normalized spacial score (nSPS) is 11.2. The number of hydrogen-bond acceptors (Lipinski definition) is 5. The minimum atomic E-state index is -2.96. The van der Waals surface area contributed by atoms with Crippen molar-refractivity contribution in [2.24, 2.45) is 5.73 Å². The zero-order chi connectivity index (χ0) is 13.8. The Labute approximate surface area is 106 Å². The van der Waals surface area contributed by atoms with Crippen LogP contribution in [0.25, 0.3) is 0 Å². The Morgan fingerprint density at radius 2 is 2.06 bits per heavy atom. The third-order valence-corrected chi connectivity index (χ3v) is 3.41. The Morgan fingerprint density at radius 3 is 2.61 bits per heavy atom. The number of anilines is 2. The first-order valence-electron chi connectivity index (χ1n) is 5.41. The number of nitrogens with one attached hydrogen (secondary N) is 1. The van der Waals surface area contributed by atoms with Gasteiger partial charge in [-0.3, -0.25) is 4.79 Å². The molecule has 5 N–H and O–H groups in total. The van der Waals surface area contributed by atoms with Crippen molar-refractivity contribution < 1.29 is 13.2 Å². The summed E-state index contributed by atoms with van der Waals surface area (Å²) < 4.78 is 21.9. The van der Waals surface area contributed by atoms with E-state index in [4.69, 9.17) is 11.5 Å². The Bertz CT molecular complexity index is 540. The second-order valence-electron chi connectivity index (χ2n) is 4.04. The van der Waals surface area contributed by atoms with Gasteiger partial charge in [0.15, 0.2) is 0 Å². The van der Waals surface area contributed by atoms with E-state index in [0.717, 1.165) is 0 Å². The second-order valence-corrected chi connectivity index (χ2v) is 6.30. The van der Waals surface area contributed by atoms with Gasteiger partial charge in [-0.25, -0.2) is 8.42 Å². The molecule has 0 aliphatic carbocycles. The highest BCUT2D eigenvalue weighted by Crippen LogP contribution is 2.22. The molecule has 0 atom stereocenters. The van der Waals surface area contributed by atoms with Gasteiger partial charge in [-0.15, -0.1) is 0 Å². The zero-order valence-corrected chi connectivity index (χ0v) is 11.0. The molecule has 0 aliphatic rings. The highest BCUT2D eigenvalue weighted by molar-refractivity contribution is 7.90. The van der Waals surface area contributed by atoms with Gasteiger partial charge in [-0.2, -0.15) is 0 Å². The van der Waals surface area contributed by atoms with E-state index in [1.807, 2.05) is 0 Å². The molecule has 1 aromatic carbocycles. The molecule has 0 aromatic heterocycles.